The molecular formula is C12H8ClFN4. The number of fused-ring (bicyclic) bond motifs is 1. The van der Waals surface area contributed by atoms with Gasteiger partial charge in [0, 0.05) is 6.20 Å². The average molecular weight is 263 g/mol. The van der Waals surface area contributed by atoms with Crippen molar-refractivity contribution in [3.05, 3.63) is 47.4 Å². The smallest absolute Gasteiger partial charge is 0.207 e. The molecule has 2 N–H and O–H groups in total. The zero-order chi connectivity index (χ0) is 12.7. The predicted molar refractivity (Wildman–Crippen MR) is 68.2 cm³/mol. The molecule has 0 amide bonds. The Hall–Kier alpha value is -2.14. The van der Waals surface area contributed by atoms with Crippen LogP contribution in [-0.4, -0.2) is 14.5 Å². The van der Waals surface area contributed by atoms with Gasteiger partial charge in [-0.2, -0.15) is 0 Å². The molecule has 2 aromatic heterocycles. The largest absolute Gasteiger partial charge is 0.369 e. The first-order chi connectivity index (χ1) is 8.65. The van der Waals surface area contributed by atoms with E-state index in [1.165, 1.54) is 18.3 Å². The van der Waals surface area contributed by atoms with Crippen molar-refractivity contribution in [2.75, 3.05) is 5.73 Å². The average Bonchev–Trinajstić information content (AvgIpc) is 2.64. The maximum atomic E-state index is 13.2. The summed E-state index contributed by atoms with van der Waals surface area (Å²) in [6.45, 7) is 0. The third kappa shape index (κ3) is 1.69. The lowest BCUT2D eigenvalue weighted by atomic mass is 10.3. The maximum absolute atomic E-state index is 13.2. The van der Waals surface area contributed by atoms with E-state index in [0.29, 0.717) is 21.9 Å². The summed E-state index contributed by atoms with van der Waals surface area (Å²) < 4.78 is 14.8. The fourth-order valence-electron chi connectivity index (χ4n) is 1.83. The highest BCUT2D eigenvalue weighted by molar-refractivity contribution is 6.31. The molecule has 0 aliphatic carbocycles. The van der Waals surface area contributed by atoms with Gasteiger partial charge in [-0.3, -0.25) is 4.57 Å². The van der Waals surface area contributed by atoms with E-state index in [1.54, 1.807) is 22.8 Å². The van der Waals surface area contributed by atoms with Gasteiger partial charge >= 0.3 is 0 Å². The van der Waals surface area contributed by atoms with Crippen LogP contribution in [0.3, 0.4) is 0 Å². The van der Waals surface area contributed by atoms with Crippen molar-refractivity contribution >= 4 is 28.7 Å². The number of aromatic nitrogens is 3. The number of anilines is 1. The van der Waals surface area contributed by atoms with Crippen molar-refractivity contribution in [2.45, 2.75) is 0 Å². The van der Waals surface area contributed by atoms with Gasteiger partial charge in [0.25, 0.3) is 0 Å². The molecule has 4 nitrogen and oxygen atoms in total. The number of pyridine rings is 1. The minimum absolute atomic E-state index is 0.241. The number of imidazole rings is 1. The van der Waals surface area contributed by atoms with Crippen molar-refractivity contribution in [1.29, 1.82) is 0 Å². The maximum Gasteiger partial charge on any atom is 0.207 e. The molecule has 0 saturated heterocycles. The Labute approximate surface area is 107 Å². The van der Waals surface area contributed by atoms with Crippen LogP contribution in [0.2, 0.25) is 5.02 Å². The Morgan fingerprint density at radius 1 is 1.28 bits per heavy atom. The summed E-state index contributed by atoms with van der Waals surface area (Å²) in [5.74, 6) is -0.104. The van der Waals surface area contributed by atoms with E-state index in [0.717, 1.165) is 0 Å². The van der Waals surface area contributed by atoms with Gasteiger partial charge in [0.2, 0.25) is 5.95 Å². The van der Waals surface area contributed by atoms with Crippen LogP contribution in [0.15, 0.2) is 36.5 Å². The third-order valence-electron chi connectivity index (χ3n) is 2.56. The summed E-state index contributed by atoms with van der Waals surface area (Å²) >= 11 is 5.84. The number of nitrogens with zero attached hydrogens (tertiary/aromatic N) is 3. The second-order valence-electron chi connectivity index (χ2n) is 3.78. The molecule has 1 aromatic carbocycles. The Morgan fingerprint density at radius 3 is 2.89 bits per heavy atom. The van der Waals surface area contributed by atoms with Gasteiger partial charge in [0.05, 0.1) is 10.7 Å². The number of nitrogens with two attached hydrogens (primary N) is 1. The Bertz CT molecular complexity index is 738. The van der Waals surface area contributed by atoms with Crippen molar-refractivity contribution in [3.8, 4) is 5.69 Å². The number of nitrogen functional groups attached to an aromatic ring is 1. The summed E-state index contributed by atoms with van der Waals surface area (Å²) in [5, 5.41) is 0.478. The van der Waals surface area contributed by atoms with Crippen molar-refractivity contribution in [2.24, 2.45) is 0 Å². The standard InChI is InChI=1S/C12H8ClFN4/c13-7-4-10-11(16-6-7)18(12(15)17-10)9-3-1-2-8(14)5-9/h1-6H,(H2,15,17). The molecule has 3 rings (SSSR count). The molecule has 0 unspecified atom stereocenters. The SMILES string of the molecule is Nc1nc2cc(Cl)cnc2n1-c1cccc(F)c1. The predicted octanol–water partition coefficient (Wildman–Crippen LogP) is 2.80. The van der Waals surface area contributed by atoms with Gasteiger partial charge < -0.3 is 5.73 Å². The molecule has 6 heteroatoms. The minimum atomic E-state index is -0.345. The Morgan fingerprint density at radius 2 is 2.11 bits per heavy atom. The first-order valence-electron chi connectivity index (χ1n) is 5.20. The Balaban J connectivity index is 2.32. The van der Waals surface area contributed by atoms with Crippen LogP contribution in [-0.2, 0) is 0 Å². The molecule has 0 fully saturated rings. The van der Waals surface area contributed by atoms with Crippen LogP contribution in [0, 0.1) is 5.82 Å². The number of benzene rings is 1. The highest BCUT2D eigenvalue weighted by Crippen LogP contribution is 2.23. The monoisotopic (exact) mass is 262 g/mol. The van der Waals surface area contributed by atoms with Crippen LogP contribution in [0.25, 0.3) is 16.9 Å². The van der Waals surface area contributed by atoms with Gasteiger partial charge in [0.1, 0.15) is 11.3 Å². The molecule has 18 heavy (non-hydrogen) atoms. The zero-order valence-electron chi connectivity index (χ0n) is 9.14. The van der Waals surface area contributed by atoms with Crippen molar-refractivity contribution < 1.29 is 4.39 Å². The number of hydrogen-bond donors (Lipinski definition) is 1. The van der Waals surface area contributed by atoms with Crippen LogP contribution >= 0.6 is 11.6 Å². The highest BCUT2D eigenvalue weighted by atomic mass is 35.5. The molecule has 0 saturated carbocycles. The Kier molecular flexibility index (Phi) is 2.41. The quantitative estimate of drug-likeness (QED) is 0.734. The third-order valence-corrected chi connectivity index (χ3v) is 2.76. The molecule has 0 bridgehead atoms. The summed E-state index contributed by atoms with van der Waals surface area (Å²) in [5.41, 5.74) is 7.52. The summed E-state index contributed by atoms with van der Waals surface area (Å²) in [6.07, 6.45) is 1.50. The van der Waals surface area contributed by atoms with Gasteiger partial charge in [-0.05, 0) is 24.3 Å². The van der Waals surface area contributed by atoms with Crippen LogP contribution in [0.1, 0.15) is 0 Å². The van der Waals surface area contributed by atoms with Gasteiger partial charge in [-0.15, -0.1) is 0 Å². The second kappa shape index (κ2) is 3.96. The molecule has 0 radical (unpaired) electrons. The normalized spacial score (nSPS) is 11.0. The lowest BCUT2D eigenvalue weighted by Gasteiger charge is -2.05. The minimum Gasteiger partial charge on any atom is -0.369 e. The van der Waals surface area contributed by atoms with Crippen molar-refractivity contribution in [1.82, 2.24) is 14.5 Å². The zero-order valence-corrected chi connectivity index (χ0v) is 9.89. The number of hydrogen-bond acceptors (Lipinski definition) is 3. The first kappa shape index (κ1) is 11.0. The number of halogens is 2. The first-order valence-corrected chi connectivity index (χ1v) is 5.58. The fraction of sp³-hybridized carbons (Fsp3) is 0. The van der Waals surface area contributed by atoms with Crippen LogP contribution in [0.4, 0.5) is 10.3 Å². The molecule has 3 aromatic rings. The lowest BCUT2D eigenvalue weighted by molar-refractivity contribution is 0.627. The topological polar surface area (TPSA) is 56.7 Å². The van der Waals surface area contributed by atoms with E-state index in [4.69, 9.17) is 17.3 Å². The van der Waals surface area contributed by atoms with Gasteiger partial charge in [-0.1, -0.05) is 17.7 Å². The van der Waals surface area contributed by atoms with Crippen molar-refractivity contribution in [3.63, 3.8) is 0 Å². The summed E-state index contributed by atoms with van der Waals surface area (Å²) in [4.78, 5) is 8.32. The fourth-order valence-corrected chi connectivity index (χ4v) is 1.98. The van der Waals surface area contributed by atoms with Crippen LogP contribution < -0.4 is 5.73 Å². The number of rotatable bonds is 1. The van der Waals surface area contributed by atoms with Crippen LogP contribution in [0.5, 0.6) is 0 Å². The van der Waals surface area contributed by atoms with E-state index in [2.05, 4.69) is 9.97 Å². The highest BCUT2D eigenvalue weighted by Gasteiger charge is 2.11. The van der Waals surface area contributed by atoms with E-state index < -0.39 is 0 Å². The molecular weight excluding hydrogens is 255 g/mol. The van der Waals surface area contributed by atoms with Gasteiger partial charge in [0.15, 0.2) is 5.65 Å². The molecule has 0 aliphatic heterocycles. The lowest BCUT2D eigenvalue weighted by Crippen LogP contribution is -2.01. The van der Waals surface area contributed by atoms with E-state index in [9.17, 15) is 4.39 Å². The summed E-state index contributed by atoms with van der Waals surface area (Å²) in [6, 6.07) is 7.73. The van der Waals surface area contributed by atoms with E-state index in [1.807, 2.05) is 0 Å². The van der Waals surface area contributed by atoms with E-state index >= 15 is 0 Å². The van der Waals surface area contributed by atoms with Gasteiger partial charge in [-0.25, -0.2) is 14.4 Å². The molecule has 0 atom stereocenters. The molecule has 0 spiro atoms. The van der Waals surface area contributed by atoms with E-state index in [-0.39, 0.29) is 11.8 Å². The second-order valence-corrected chi connectivity index (χ2v) is 4.22. The molecule has 90 valence electrons. The molecule has 0 aliphatic rings. The summed E-state index contributed by atoms with van der Waals surface area (Å²) in [7, 11) is 0. The molecule has 2 heterocycles.